The van der Waals surface area contributed by atoms with Crippen LogP contribution in [0.2, 0.25) is 0 Å². The summed E-state index contributed by atoms with van der Waals surface area (Å²) in [4.78, 5) is 12.3. The second kappa shape index (κ2) is 4.10. The van der Waals surface area contributed by atoms with Crippen LogP contribution in [0.1, 0.15) is 23.2 Å². The van der Waals surface area contributed by atoms with E-state index in [9.17, 15) is 4.79 Å². The summed E-state index contributed by atoms with van der Waals surface area (Å²) in [5.41, 5.74) is 1.52. The fourth-order valence-electron chi connectivity index (χ4n) is 3.37. The van der Waals surface area contributed by atoms with Gasteiger partial charge in [-0.3, -0.25) is 4.79 Å². The molecule has 4 rings (SSSR count). The van der Waals surface area contributed by atoms with E-state index >= 15 is 0 Å². The van der Waals surface area contributed by atoms with Crippen LogP contribution in [0.4, 0.5) is 0 Å². The van der Waals surface area contributed by atoms with Gasteiger partial charge in [0.15, 0.2) is 0 Å². The number of hydrogen-bond acceptors (Lipinski definition) is 3. The minimum atomic E-state index is 0.0162. The highest BCUT2D eigenvalue weighted by Crippen LogP contribution is 2.31. The van der Waals surface area contributed by atoms with Crippen LogP contribution in [-0.2, 0) is 0 Å². The molecule has 4 heteroatoms. The fraction of sp³-hybridized carbons (Fsp3) is 0.400. The van der Waals surface area contributed by atoms with Gasteiger partial charge in [-0.2, -0.15) is 0 Å². The molecule has 2 bridgehead atoms. The number of furan rings is 1. The first-order valence-corrected chi connectivity index (χ1v) is 6.81. The maximum absolute atomic E-state index is 12.3. The smallest absolute Gasteiger partial charge is 0.251 e. The first-order chi connectivity index (χ1) is 9.29. The zero-order valence-electron chi connectivity index (χ0n) is 10.6. The van der Waals surface area contributed by atoms with Gasteiger partial charge in [0.25, 0.3) is 5.91 Å². The lowest BCUT2D eigenvalue weighted by Crippen LogP contribution is -2.47. The maximum atomic E-state index is 12.3. The summed E-state index contributed by atoms with van der Waals surface area (Å²) in [5, 5.41) is 7.58. The van der Waals surface area contributed by atoms with E-state index in [4.69, 9.17) is 4.42 Å². The minimum absolute atomic E-state index is 0.0162. The molecule has 0 radical (unpaired) electrons. The van der Waals surface area contributed by atoms with Gasteiger partial charge in [-0.15, -0.1) is 0 Å². The van der Waals surface area contributed by atoms with E-state index in [2.05, 4.69) is 10.6 Å². The van der Waals surface area contributed by atoms with E-state index in [0.717, 1.165) is 29.9 Å². The van der Waals surface area contributed by atoms with E-state index in [-0.39, 0.29) is 11.9 Å². The Labute approximate surface area is 111 Å². The van der Waals surface area contributed by atoms with Crippen molar-refractivity contribution in [2.45, 2.75) is 24.9 Å². The molecule has 1 aromatic heterocycles. The number of hydrogen-bond donors (Lipinski definition) is 2. The Morgan fingerprint density at radius 3 is 3.05 bits per heavy atom. The SMILES string of the molecule is O=C(N[C@@H]1C[C@H]2CN[C@@H]1C2)c1ccc2occc2c1. The van der Waals surface area contributed by atoms with Crippen molar-refractivity contribution in [2.75, 3.05) is 6.54 Å². The third-order valence-corrected chi connectivity index (χ3v) is 4.36. The van der Waals surface area contributed by atoms with Crippen LogP contribution in [0, 0.1) is 5.92 Å². The molecule has 2 aromatic rings. The average molecular weight is 256 g/mol. The van der Waals surface area contributed by atoms with Gasteiger partial charge < -0.3 is 15.1 Å². The maximum Gasteiger partial charge on any atom is 0.251 e. The minimum Gasteiger partial charge on any atom is -0.464 e. The van der Waals surface area contributed by atoms with Crippen LogP contribution in [0.25, 0.3) is 11.0 Å². The third kappa shape index (κ3) is 1.83. The summed E-state index contributed by atoms with van der Waals surface area (Å²) < 4.78 is 5.28. The molecule has 98 valence electrons. The zero-order valence-corrected chi connectivity index (χ0v) is 10.6. The molecular weight excluding hydrogens is 240 g/mol. The molecule has 1 saturated carbocycles. The van der Waals surface area contributed by atoms with Gasteiger partial charge in [0.05, 0.1) is 6.26 Å². The number of fused-ring (bicyclic) bond motifs is 3. The second-order valence-corrected chi connectivity index (χ2v) is 5.61. The molecule has 0 spiro atoms. The predicted octanol–water partition coefficient (Wildman–Crippen LogP) is 1.91. The summed E-state index contributed by atoms with van der Waals surface area (Å²) in [6, 6.07) is 8.18. The predicted molar refractivity (Wildman–Crippen MR) is 72.0 cm³/mol. The molecule has 1 aromatic carbocycles. The Kier molecular flexibility index (Phi) is 2.38. The van der Waals surface area contributed by atoms with Gasteiger partial charge in [0.1, 0.15) is 5.58 Å². The van der Waals surface area contributed by atoms with Crippen molar-refractivity contribution in [3.63, 3.8) is 0 Å². The lowest BCUT2D eigenvalue weighted by atomic mass is 10.1. The number of nitrogens with one attached hydrogen (secondary N) is 2. The summed E-state index contributed by atoms with van der Waals surface area (Å²) >= 11 is 0. The lowest BCUT2D eigenvalue weighted by molar-refractivity contribution is 0.0928. The quantitative estimate of drug-likeness (QED) is 0.863. The summed E-state index contributed by atoms with van der Waals surface area (Å²) in [5.74, 6) is 0.758. The van der Waals surface area contributed by atoms with Crippen molar-refractivity contribution in [3.05, 3.63) is 36.1 Å². The Morgan fingerprint density at radius 1 is 1.32 bits per heavy atom. The summed E-state index contributed by atoms with van der Waals surface area (Å²) in [6.45, 7) is 1.11. The normalized spacial score (nSPS) is 28.9. The number of carbonyl (C=O) groups excluding carboxylic acids is 1. The number of benzene rings is 1. The van der Waals surface area contributed by atoms with Gasteiger partial charge >= 0.3 is 0 Å². The van der Waals surface area contributed by atoms with Crippen LogP contribution in [0.3, 0.4) is 0 Å². The molecule has 2 N–H and O–H groups in total. The molecule has 1 saturated heterocycles. The van der Waals surface area contributed by atoms with Crippen molar-refractivity contribution in [2.24, 2.45) is 5.92 Å². The molecule has 1 amide bonds. The van der Waals surface area contributed by atoms with Gasteiger partial charge in [0.2, 0.25) is 0 Å². The van der Waals surface area contributed by atoms with E-state index < -0.39 is 0 Å². The van der Waals surface area contributed by atoms with Crippen LogP contribution in [0.15, 0.2) is 34.9 Å². The first-order valence-electron chi connectivity index (χ1n) is 6.81. The molecule has 19 heavy (non-hydrogen) atoms. The van der Waals surface area contributed by atoms with Gasteiger partial charge in [-0.1, -0.05) is 0 Å². The van der Waals surface area contributed by atoms with Gasteiger partial charge in [-0.05, 0) is 49.6 Å². The highest BCUT2D eigenvalue weighted by atomic mass is 16.3. The molecule has 3 atom stereocenters. The number of rotatable bonds is 2. The summed E-state index contributed by atoms with van der Waals surface area (Å²) in [6.07, 6.45) is 3.95. The highest BCUT2D eigenvalue weighted by molar-refractivity contribution is 5.97. The molecule has 0 unspecified atom stereocenters. The molecule has 2 heterocycles. The highest BCUT2D eigenvalue weighted by Gasteiger charge is 2.39. The Hall–Kier alpha value is -1.81. The Bertz CT molecular complexity index is 634. The monoisotopic (exact) mass is 256 g/mol. The second-order valence-electron chi connectivity index (χ2n) is 5.61. The van der Waals surface area contributed by atoms with Crippen molar-refractivity contribution >= 4 is 16.9 Å². The number of piperidine rings is 1. The standard InChI is InChI=1S/C15H16N2O2/c18-15(17-13-6-9-5-12(13)16-8-9)11-1-2-14-10(7-11)3-4-19-14/h1-4,7,9,12-13,16H,5-6,8H2,(H,17,18)/t9-,12+,13+/m0/s1. The van der Waals surface area contributed by atoms with Gasteiger partial charge in [0, 0.05) is 23.0 Å². The first kappa shape index (κ1) is 11.1. The van der Waals surface area contributed by atoms with Crippen molar-refractivity contribution in [1.29, 1.82) is 0 Å². The van der Waals surface area contributed by atoms with Crippen molar-refractivity contribution < 1.29 is 9.21 Å². The molecule has 2 fully saturated rings. The van der Waals surface area contributed by atoms with Crippen LogP contribution < -0.4 is 10.6 Å². The zero-order chi connectivity index (χ0) is 12.8. The average Bonchev–Trinajstić information content (AvgIpc) is 3.13. The van der Waals surface area contributed by atoms with E-state index in [1.165, 1.54) is 6.42 Å². The Morgan fingerprint density at radius 2 is 2.26 bits per heavy atom. The fourth-order valence-corrected chi connectivity index (χ4v) is 3.37. The Balaban J connectivity index is 1.53. The molecule has 1 aliphatic heterocycles. The molecular formula is C15H16N2O2. The summed E-state index contributed by atoms with van der Waals surface area (Å²) in [7, 11) is 0. The lowest BCUT2D eigenvalue weighted by Gasteiger charge is -2.23. The van der Waals surface area contributed by atoms with Gasteiger partial charge in [-0.25, -0.2) is 0 Å². The molecule has 2 aliphatic rings. The van der Waals surface area contributed by atoms with Crippen LogP contribution in [-0.4, -0.2) is 24.5 Å². The van der Waals surface area contributed by atoms with Crippen LogP contribution in [0.5, 0.6) is 0 Å². The van der Waals surface area contributed by atoms with Crippen molar-refractivity contribution in [1.82, 2.24) is 10.6 Å². The van der Waals surface area contributed by atoms with Crippen LogP contribution >= 0.6 is 0 Å². The molecule has 4 nitrogen and oxygen atoms in total. The number of carbonyl (C=O) groups is 1. The number of amides is 1. The van der Waals surface area contributed by atoms with Crippen molar-refractivity contribution in [3.8, 4) is 0 Å². The van der Waals surface area contributed by atoms with E-state index in [0.29, 0.717) is 11.6 Å². The topological polar surface area (TPSA) is 54.3 Å². The largest absolute Gasteiger partial charge is 0.464 e. The molecule has 1 aliphatic carbocycles. The van der Waals surface area contributed by atoms with E-state index in [1.54, 1.807) is 6.26 Å². The third-order valence-electron chi connectivity index (χ3n) is 4.36. The van der Waals surface area contributed by atoms with E-state index in [1.807, 2.05) is 24.3 Å².